The molecule has 1 fully saturated rings. The van der Waals surface area contributed by atoms with E-state index in [2.05, 4.69) is 22.4 Å². The average molecular weight is 384 g/mol. The van der Waals surface area contributed by atoms with Crippen LogP contribution >= 0.6 is 22.7 Å². The third-order valence-electron chi connectivity index (χ3n) is 4.67. The summed E-state index contributed by atoms with van der Waals surface area (Å²) in [5.74, 6) is 0.178. The van der Waals surface area contributed by atoms with Crippen LogP contribution in [-0.2, 0) is 6.54 Å². The number of benzene rings is 1. The van der Waals surface area contributed by atoms with Crippen molar-refractivity contribution in [2.75, 3.05) is 26.2 Å². The first kappa shape index (κ1) is 17.4. The van der Waals surface area contributed by atoms with E-state index in [1.165, 1.54) is 5.56 Å². The average Bonchev–Trinajstić information content (AvgIpc) is 3.32. The zero-order valence-corrected chi connectivity index (χ0v) is 16.4. The molecule has 4 rings (SSSR count). The Labute approximate surface area is 161 Å². The van der Waals surface area contributed by atoms with Gasteiger partial charge in [0.2, 0.25) is 0 Å². The summed E-state index contributed by atoms with van der Waals surface area (Å²) < 4.78 is 0. The van der Waals surface area contributed by atoms with Crippen LogP contribution in [-0.4, -0.2) is 46.9 Å². The molecule has 134 valence electrons. The molecular weight excluding hydrogens is 362 g/mol. The van der Waals surface area contributed by atoms with Crippen LogP contribution in [0.3, 0.4) is 0 Å². The smallest absolute Gasteiger partial charge is 0.264 e. The van der Waals surface area contributed by atoms with Crippen molar-refractivity contribution in [3.63, 3.8) is 0 Å². The molecule has 0 spiro atoms. The molecule has 6 heteroatoms. The minimum Gasteiger partial charge on any atom is -0.335 e. The van der Waals surface area contributed by atoms with Gasteiger partial charge < -0.3 is 4.90 Å². The number of rotatable bonds is 4. The Bertz CT molecular complexity index is 879. The fourth-order valence-corrected chi connectivity index (χ4v) is 4.88. The number of nitrogens with zero attached hydrogens (tertiary/aromatic N) is 3. The Kier molecular flexibility index (Phi) is 5.15. The number of carbonyl (C=O) groups excluding carboxylic acids is 1. The molecular formula is C20H21N3OS2. The van der Waals surface area contributed by atoms with E-state index in [1.807, 2.05) is 41.5 Å². The molecule has 1 aromatic carbocycles. The Balaban J connectivity index is 1.34. The molecule has 0 aliphatic carbocycles. The summed E-state index contributed by atoms with van der Waals surface area (Å²) in [4.78, 5) is 22.6. The molecule has 1 saturated heterocycles. The number of thiazole rings is 1. The number of aromatic nitrogens is 1. The van der Waals surface area contributed by atoms with Crippen molar-refractivity contribution in [1.82, 2.24) is 14.8 Å². The summed E-state index contributed by atoms with van der Waals surface area (Å²) in [5.41, 5.74) is 3.37. The van der Waals surface area contributed by atoms with Crippen LogP contribution in [0.1, 0.15) is 20.9 Å². The van der Waals surface area contributed by atoms with Gasteiger partial charge in [-0.05, 0) is 23.9 Å². The molecule has 3 aromatic rings. The van der Waals surface area contributed by atoms with Crippen LogP contribution in [0.25, 0.3) is 10.6 Å². The van der Waals surface area contributed by atoms with Crippen LogP contribution in [0.5, 0.6) is 0 Å². The minimum absolute atomic E-state index is 0.178. The van der Waals surface area contributed by atoms with Gasteiger partial charge in [-0.2, -0.15) is 0 Å². The molecule has 3 heterocycles. The quantitative estimate of drug-likeness (QED) is 0.679. The summed E-state index contributed by atoms with van der Waals surface area (Å²) in [6.45, 7) is 6.22. The largest absolute Gasteiger partial charge is 0.335 e. The maximum Gasteiger partial charge on any atom is 0.264 e. The first-order valence-electron chi connectivity index (χ1n) is 8.76. The maximum absolute atomic E-state index is 12.6. The molecule has 4 nitrogen and oxygen atoms in total. The fourth-order valence-electron chi connectivity index (χ4n) is 3.17. The van der Waals surface area contributed by atoms with E-state index >= 15 is 0 Å². The number of amides is 1. The van der Waals surface area contributed by atoms with E-state index in [4.69, 9.17) is 4.98 Å². The monoisotopic (exact) mass is 383 g/mol. The zero-order chi connectivity index (χ0) is 17.9. The van der Waals surface area contributed by atoms with Gasteiger partial charge in [-0.3, -0.25) is 9.69 Å². The topological polar surface area (TPSA) is 36.4 Å². The number of thiophene rings is 1. The number of carbonyl (C=O) groups is 1. The van der Waals surface area contributed by atoms with Gasteiger partial charge >= 0.3 is 0 Å². The van der Waals surface area contributed by atoms with E-state index in [0.717, 1.165) is 53.9 Å². The van der Waals surface area contributed by atoms with Crippen LogP contribution in [0.15, 0.2) is 47.2 Å². The van der Waals surface area contributed by atoms with Crippen LogP contribution in [0.4, 0.5) is 0 Å². The van der Waals surface area contributed by atoms with E-state index in [9.17, 15) is 4.79 Å². The minimum atomic E-state index is 0.178. The van der Waals surface area contributed by atoms with Crippen LogP contribution in [0, 0.1) is 6.92 Å². The number of hydrogen-bond donors (Lipinski definition) is 0. The highest BCUT2D eigenvalue weighted by molar-refractivity contribution is 7.13. The number of piperazine rings is 1. The maximum atomic E-state index is 12.6. The zero-order valence-electron chi connectivity index (χ0n) is 14.7. The van der Waals surface area contributed by atoms with E-state index in [0.29, 0.717) is 0 Å². The number of hydrogen-bond acceptors (Lipinski definition) is 5. The van der Waals surface area contributed by atoms with Crippen molar-refractivity contribution in [1.29, 1.82) is 0 Å². The standard InChI is InChI=1S/C20H21N3OS2/c1-15-7-12-25-18(15)20(24)23-10-8-22(9-11-23)13-17-14-26-19(21-17)16-5-3-2-4-6-16/h2-7,12,14H,8-11,13H2,1H3. The van der Waals surface area contributed by atoms with Crippen molar-refractivity contribution in [2.24, 2.45) is 0 Å². The summed E-state index contributed by atoms with van der Waals surface area (Å²) in [5, 5.41) is 5.21. The van der Waals surface area contributed by atoms with Gasteiger partial charge in [0, 0.05) is 43.7 Å². The van der Waals surface area contributed by atoms with Crippen LogP contribution < -0.4 is 0 Å². The normalized spacial score (nSPS) is 15.3. The Morgan fingerprint density at radius 3 is 2.54 bits per heavy atom. The lowest BCUT2D eigenvalue weighted by atomic mass is 10.2. The van der Waals surface area contributed by atoms with Gasteiger partial charge in [-0.1, -0.05) is 30.3 Å². The van der Waals surface area contributed by atoms with Crippen LogP contribution in [0.2, 0.25) is 0 Å². The van der Waals surface area contributed by atoms with Gasteiger partial charge in [0.15, 0.2) is 0 Å². The van der Waals surface area contributed by atoms with Gasteiger partial charge in [-0.15, -0.1) is 22.7 Å². The first-order chi connectivity index (χ1) is 12.7. The highest BCUT2D eigenvalue weighted by atomic mass is 32.1. The highest BCUT2D eigenvalue weighted by Crippen LogP contribution is 2.24. The van der Waals surface area contributed by atoms with Crippen molar-refractivity contribution >= 4 is 28.6 Å². The second-order valence-corrected chi connectivity index (χ2v) is 8.29. The lowest BCUT2D eigenvalue weighted by molar-refractivity contribution is 0.0631. The number of aryl methyl sites for hydroxylation is 1. The summed E-state index contributed by atoms with van der Waals surface area (Å²) in [6.07, 6.45) is 0. The Morgan fingerprint density at radius 2 is 1.85 bits per heavy atom. The van der Waals surface area contributed by atoms with E-state index in [1.54, 1.807) is 22.7 Å². The van der Waals surface area contributed by atoms with Crippen molar-refractivity contribution in [3.05, 3.63) is 63.3 Å². The molecule has 0 unspecified atom stereocenters. The molecule has 2 aromatic heterocycles. The van der Waals surface area contributed by atoms with Gasteiger partial charge in [-0.25, -0.2) is 4.98 Å². The van der Waals surface area contributed by atoms with Crippen molar-refractivity contribution in [2.45, 2.75) is 13.5 Å². The fraction of sp³-hybridized carbons (Fsp3) is 0.300. The summed E-state index contributed by atoms with van der Waals surface area (Å²) in [7, 11) is 0. The first-order valence-corrected chi connectivity index (χ1v) is 10.5. The Hall–Kier alpha value is -2.02. The van der Waals surface area contributed by atoms with E-state index in [-0.39, 0.29) is 5.91 Å². The lowest BCUT2D eigenvalue weighted by Gasteiger charge is -2.34. The van der Waals surface area contributed by atoms with Crippen molar-refractivity contribution in [3.8, 4) is 10.6 Å². The third kappa shape index (κ3) is 3.72. The molecule has 0 atom stereocenters. The Morgan fingerprint density at radius 1 is 1.08 bits per heavy atom. The SMILES string of the molecule is Cc1ccsc1C(=O)N1CCN(Cc2csc(-c3ccccc3)n2)CC1. The second kappa shape index (κ2) is 7.70. The predicted octanol–water partition coefficient (Wildman–Crippen LogP) is 4.14. The third-order valence-corrected chi connectivity index (χ3v) is 6.62. The van der Waals surface area contributed by atoms with Gasteiger partial charge in [0.25, 0.3) is 5.91 Å². The molecule has 1 aliphatic heterocycles. The van der Waals surface area contributed by atoms with E-state index < -0.39 is 0 Å². The molecule has 0 N–H and O–H groups in total. The molecule has 0 radical (unpaired) electrons. The molecule has 26 heavy (non-hydrogen) atoms. The lowest BCUT2D eigenvalue weighted by Crippen LogP contribution is -2.48. The molecule has 1 aliphatic rings. The molecule has 1 amide bonds. The predicted molar refractivity (Wildman–Crippen MR) is 108 cm³/mol. The second-order valence-electron chi connectivity index (χ2n) is 6.51. The van der Waals surface area contributed by atoms with Crippen molar-refractivity contribution < 1.29 is 4.79 Å². The summed E-state index contributed by atoms with van der Waals surface area (Å²) in [6, 6.07) is 12.3. The highest BCUT2D eigenvalue weighted by Gasteiger charge is 2.24. The molecule has 0 bridgehead atoms. The summed E-state index contributed by atoms with van der Waals surface area (Å²) >= 11 is 3.24. The molecule has 0 saturated carbocycles. The van der Waals surface area contributed by atoms with Gasteiger partial charge in [0.05, 0.1) is 10.6 Å². The van der Waals surface area contributed by atoms with Gasteiger partial charge in [0.1, 0.15) is 5.01 Å².